The zero-order valence-electron chi connectivity index (χ0n) is 15.1. The zero-order chi connectivity index (χ0) is 17.8. The second-order valence-electron chi connectivity index (χ2n) is 6.73. The number of nitrogens with one attached hydrogen (secondary N) is 1. The number of rotatable bonds is 6. The fourth-order valence-electron chi connectivity index (χ4n) is 3.10. The minimum absolute atomic E-state index is 0.0793. The summed E-state index contributed by atoms with van der Waals surface area (Å²) in [4.78, 5) is 14.5. The molecule has 1 fully saturated rings. The van der Waals surface area contributed by atoms with Crippen LogP contribution >= 0.6 is 0 Å². The number of aryl methyl sites for hydroxylation is 1. The third-order valence-corrected chi connectivity index (χ3v) is 4.31. The van der Waals surface area contributed by atoms with Crippen molar-refractivity contribution in [3.8, 4) is 0 Å². The van der Waals surface area contributed by atoms with E-state index in [1.807, 2.05) is 29.8 Å². The number of furan rings is 1. The predicted molar refractivity (Wildman–Crippen MR) is 94.5 cm³/mol. The average Bonchev–Trinajstić information content (AvgIpc) is 3.29. The van der Waals surface area contributed by atoms with Crippen LogP contribution in [0.5, 0.6) is 0 Å². The van der Waals surface area contributed by atoms with Crippen LogP contribution in [0, 0.1) is 6.92 Å². The van der Waals surface area contributed by atoms with Crippen LogP contribution in [-0.4, -0.2) is 40.0 Å². The molecular weight excluding hydrogens is 320 g/mol. The molecule has 3 rings (SSSR count). The maximum atomic E-state index is 12.8. The van der Waals surface area contributed by atoms with E-state index in [4.69, 9.17) is 9.15 Å². The Bertz CT molecular complexity index is 687. The molecule has 3 heterocycles. The fraction of sp³-hybridized carbons (Fsp3) is 0.556. The number of carbonyl (C=O) groups excluding carboxylic acids is 1. The molecule has 7 heteroatoms. The van der Waals surface area contributed by atoms with Crippen LogP contribution in [0.2, 0.25) is 0 Å². The average molecular weight is 346 g/mol. The summed E-state index contributed by atoms with van der Waals surface area (Å²) in [6.07, 6.45) is 3.71. The minimum Gasteiger partial charge on any atom is -0.467 e. The highest BCUT2D eigenvalue weighted by Gasteiger charge is 2.24. The molecule has 0 radical (unpaired) electrons. The minimum atomic E-state index is -0.194. The maximum absolute atomic E-state index is 12.8. The van der Waals surface area contributed by atoms with E-state index >= 15 is 0 Å². The zero-order valence-corrected chi connectivity index (χ0v) is 15.1. The topological polar surface area (TPSA) is 72.5 Å². The van der Waals surface area contributed by atoms with Crippen molar-refractivity contribution in [3.05, 3.63) is 35.9 Å². The van der Waals surface area contributed by atoms with Gasteiger partial charge in [0.25, 0.3) is 0 Å². The Morgan fingerprint density at radius 3 is 2.96 bits per heavy atom. The smallest absolute Gasteiger partial charge is 0.323 e. The van der Waals surface area contributed by atoms with Crippen molar-refractivity contribution in [1.82, 2.24) is 14.7 Å². The largest absolute Gasteiger partial charge is 0.467 e. The summed E-state index contributed by atoms with van der Waals surface area (Å²) in [5.41, 5.74) is 1.02. The molecule has 0 saturated carbocycles. The molecule has 2 aromatic rings. The van der Waals surface area contributed by atoms with Gasteiger partial charge in [0.1, 0.15) is 5.76 Å². The number of aromatic nitrogens is 2. The maximum Gasteiger partial charge on any atom is 0.323 e. The van der Waals surface area contributed by atoms with Gasteiger partial charge in [0.15, 0.2) is 5.82 Å². The molecule has 1 N–H and O–H groups in total. The SMILES string of the molecule is Cc1cc(NC(=O)N(Cc2ccco2)CC2CCCO2)nn1C(C)C. The number of urea groups is 1. The van der Waals surface area contributed by atoms with Crippen molar-refractivity contribution in [2.75, 3.05) is 18.5 Å². The van der Waals surface area contributed by atoms with E-state index < -0.39 is 0 Å². The molecule has 1 aliphatic rings. The van der Waals surface area contributed by atoms with Gasteiger partial charge in [-0.05, 0) is 45.7 Å². The van der Waals surface area contributed by atoms with Crippen LogP contribution in [0.1, 0.15) is 44.2 Å². The van der Waals surface area contributed by atoms with Crippen molar-refractivity contribution < 1.29 is 13.9 Å². The molecule has 1 saturated heterocycles. The summed E-state index contributed by atoms with van der Waals surface area (Å²) in [5, 5.41) is 7.37. The van der Waals surface area contributed by atoms with E-state index in [0.29, 0.717) is 18.9 Å². The van der Waals surface area contributed by atoms with E-state index in [2.05, 4.69) is 24.3 Å². The van der Waals surface area contributed by atoms with Gasteiger partial charge < -0.3 is 14.1 Å². The van der Waals surface area contributed by atoms with Crippen LogP contribution < -0.4 is 5.32 Å². The fourth-order valence-corrected chi connectivity index (χ4v) is 3.10. The van der Waals surface area contributed by atoms with Crippen LogP contribution in [0.4, 0.5) is 10.6 Å². The van der Waals surface area contributed by atoms with E-state index in [1.54, 1.807) is 11.2 Å². The van der Waals surface area contributed by atoms with Gasteiger partial charge in [-0.1, -0.05) is 0 Å². The van der Waals surface area contributed by atoms with Gasteiger partial charge >= 0.3 is 6.03 Å². The molecule has 0 aromatic carbocycles. The summed E-state index contributed by atoms with van der Waals surface area (Å²) >= 11 is 0. The standard InChI is InChI=1S/C18H26N4O3/c1-13(2)22-14(3)10-17(20-22)19-18(23)21(11-15-6-4-8-24-15)12-16-7-5-9-25-16/h4,6,8,10,13,16H,5,7,9,11-12H2,1-3H3,(H,19,20,23). The van der Waals surface area contributed by atoms with Gasteiger partial charge in [-0.3, -0.25) is 10.00 Å². The van der Waals surface area contributed by atoms with Gasteiger partial charge in [0, 0.05) is 31.0 Å². The van der Waals surface area contributed by atoms with E-state index in [9.17, 15) is 4.79 Å². The summed E-state index contributed by atoms with van der Waals surface area (Å²) < 4.78 is 13.0. The van der Waals surface area contributed by atoms with Gasteiger partial charge in [-0.2, -0.15) is 5.10 Å². The van der Waals surface area contributed by atoms with Gasteiger partial charge in [0.2, 0.25) is 0 Å². The Morgan fingerprint density at radius 2 is 2.36 bits per heavy atom. The molecule has 2 aromatic heterocycles. The number of amides is 2. The quantitative estimate of drug-likeness (QED) is 0.868. The Hall–Kier alpha value is -2.28. The highest BCUT2D eigenvalue weighted by atomic mass is 16.5. The third-order valence-electron chi connectivity index (χ3n) is 4.31. The predicted octanol–water partition coefficient (Wildman–Crippen LogP) is 3.58. The van der Waals surface area contributed by atoms with E-state index in [0.717, 1.165) is 30.9 Å². The summed E-state index contributed by atoms with van der Waals surface area (Å²) in [7, 11) is 0. The first-order valence-electron chi connectivity index (χ1n) is 8.79. The van der Waals surface area contributed by atoms with Crippen LogP contribution in [-0.2, 0) is 11.3 Å². The first-order valence-corrected chi connectivity index (χ1v) is 8.79. The summed E-state index contributed by atoms with van der Waals surface area (Å²) in [6, 6.07) is 5.63. The molecule has 2 amide bonds. The summed E-state index contributed by atoms with van der Waals surface area (Å²) in [6.45, 7) is 7.81. The number of hydrogen-bond acceptors (Lipinski definition) is 4. The van der Waals surface area contributed by atoms with Gasteiger partial charge in [0.05, 0.1) is 18.9 Å². The Morgan fingerprint density at radius 1 is 1.52 bits per heavy atom. The lowest BCUT2D eigenvalue weighted by molar-refractivity contribution is 0.0802. The van der Waals surface area contributed by atoms with Crippen LogP contribution in [0.3, 0.4) is 0 Å². The lowest BCUT2D eigenvalue weighted by Crippen LogP contribution is -2.39. The second-order valence-corrected chi connectivity index (χ2v) is 6.73. The molecule has 1 unspecified atom stereocenters. The van der Waals surface area contributed by atoms with Gasteiger partial charge in [-0.15, -0.1) is 0 Å². The molecule has 0 bridgehead atoms. The molecule has 25 heavy (non-hydrogen) atoms. The Kier molecular flexibility index (Phi) is 5.43. The van der Waals surface area contributed by atoms with Crippen molar-refractivity contribution in [1.29, 1.82) is 0 Å². The van der Waals surface area contributed by atoms with E-state index in [1.165, 1.54) is 0 Å². The number of nitrogens with zero attached hydrogens (tertiary/aromatic N) is 3. The number of carbonyl (C=O) groups is 1. The summed E-state index contributed by atoms with van der Waals surface area (Å²) in [5.74, 6) is 1.31. The second kappa shape index (κ2) is 7.74. The third kappa shape index (κ3) is 4.42. The normalized spacial score (nSPS) is 17.2. The molecule has 0 aliphatic carbocycles. The number of ether oxygens (including phenoxy) is 1. The highest BCUT2D eigenvalue weighted by molar-refractivity contribution is 5.88. The molecule has 136 valence electrons. The molecule has 7 nitrogen and oxygen atoms in total. The Labute approximate surface area is 147 Å². The lowest BCUT2D eigenvalue weighted by Gasteiger charge is -2.24. The highest BCUT2D eigenvalue weighted by Crippen LogP contribution is 2.18. The first kappa shape index (κ1) is 17.5. The number of hydrogen-bond donors (Lipinski definition) is 1. The molecule has 1 atom stereocenters. The first-order chi connectivity index (χ1) is 12.0. The van der Waals surface area contributed by atoms with Crippen LogP contribution in [0.25, 0.3) is 0 Å². The van der Waals surface area contributed by atoms with Crippen LogP contribution in [0.15, 0.2) is 28.9 Å². The van der Waals surface area contributed by atoms with E-state index in [-0.39, 0.29) is 18.2 Å². The van der Waals surface area contributed by atoms with Gasteiger partial charge in [-0.25, -0.2) is 4.79 Å². The molecule has 1 aliphatic heterocycles. The van der Waals surface area contributed by atoms with Crippen molar-refractivity contribution in [2.24, 2.45) is 0 Å². The Balaban J connectivity index is 1.70. The monoisotopic (exact) mass is 346 g/mol. The number of anilines is 1. The molecular formula is C18H26N4O3. The van der Waals surface area contributed by atoms with Crippen molar-refractivity contribution in [3.63, 3.8) is 0 Å². The van der Waals surface area contributed by atoms with Crippen molar-refractivity contribution in [2.45, 2.75) is 52.3 Å². The van der Waals surface area contributed by atoms with Crippen molar-refractivity contribution >= 4 is 11.8 Å². The molecule has 0 spiro atoms. The lowest BCUT2D eigenvalue weighted by atomic mass is 10.2.